The van der Waals surface area contributed by atoms with Gasteiger partial charge >= 0.3 is 0 Å². The predicted molar refractivity (Wildman–Crippen MR) is 83.9 cm³/mol. The van der Waals surface area contributed by atoms with Crippen LogP contribution in [-0.2, 0) is 9.84 Å². The van der Waals surface area contributed by atoms with Crippen LogP contribution in [0, 0.1) is 12.3 Å². The highest BCUT2D eigenvalue weighted by atomic mass is 35.5. The highest BCUT2D eigenvalue weighted by Gasteiger charge is 2.33. The van der Waals surface area contributed by atoms with Gasteiger partial charge in [0, 0.05) is 23.2 Å². The summed E-state index contributed by atoms with van der Waals surface area (Å²) < 4.78 is 23.2. The second-order valence-corrected chi connectivity index (χ2v) is 7.86. The smallest absolute Gasteiger partial charge is 0.151 e. The van der Waals surface area contributed by atoms with Crippen LogP contribution in [0.25, 0.3) is 0 Å². The summed E-state index contributed by atoms with van der Waals surface area (Å²) in [4.78, 5) is 1.85. The van der Waals surface area contributed by atoms with Gasteiger partial charge in [-0.15, -0.1) is 6.42 Å². The maximum absolute atomic E-state index is 11.6. The maximum Gasteiger partial charge on any atom is 0.151 e. The molecule has 0 amide bonds. The number of benzene rings is 1. The van der Waals surface area contributed by atoms with Gasteiger partial charge < -0.3 is 5.11 Å². The molecule has 1 saturated heterocycles. The Bertz CT molecular complexity index is 639. The summed E-state index contributed by atoms with van der Waals surface area (Å²) >= 11 is 6.07. The minimum absolute atomic E-state index is 0.101. The minimum Gasteiger partial charge on any atom is -0.387 e. The molecule has 1 aromatic rings. The maximum atomic E-state index is 11.6. The molecule has 0 aromatic heterocycles. The van der Waals surface area contributed by atoms with E-state index >= 15 is 0 Å². The van der Waals surface area contributed by atoms with Crippen LogP contribution in [0.2, 0.25) is 5.02 Å². The first-order valence-electron chi connectivity index (χ1n) is 6.73. The third-order valence-electron chi connectivity index (χ3n) is 3.69. The van der Waals surface area contributed by atoms with Gasteiger partial charge in [0.1, 0.15) is 0 Å². The van der Waals surface area contributed by atoms with E-state index < -0.39 is 15.9 Å². The molecule has 1 aliphatic rings. The first-order chi connectivity index (χ1) is 9.93. The average Bonchev–Trinajstić information content (AvgIpc) is 2.79. The van der Waals surface area contributed by atoms with Gasteiger partial charge in [-0.25, -0.2) is 8.42 Å². The number of sulfone groups is 1. The summed E-state index contributed by atoms with van der Waals surface area (Å²) in [5, 5.41) is 10.8. The number of rotatable bonds is 5. The number of terminal acetylenes is 1. The molecule has 114 valence electrons. The summed E-state index contributed by atoms with van der Waals surface area (Å²) in [6.45, 7) is 0.579. The molecule has 1 aromatic carbocycles. The lowest BCUT2D eigenvalue weighted by atomic mass is 10.1. The van der Waals surface area contributed by atoms with Gasteiger partial charge in [-0.1, -0.05) is 35.7 Å². The van der Waals surface area contributed by atoms with Crippen molar-refractivity contribution in [3.8, 4) is 12.3 Å². The van der Waals surface area contributed by atoms with Gasteiger partial charge in [0.15, 0.2) is 9.84 Å². The summed E-state index contributed by atoms with van der Waals surface area (Å²) in [5.74, 6) is 2.81. The third-order valence-corrected chi connectivity index (χ3v) is 5.79. The van der Waals surface area contributed by atoms with Crippen molar-refractivity contribution < 1.29 is 13.5 Å². The highest BCUT2D eigenvalue weighted by molar-refractivity contribution is 7.91. The minimum atomic E-state index is -2.99. The first-order valence-corrected chi connectivity index (χ1v) is 8.93. The van der Waals surface area contributed by atoms with Crippen LogP contribution < -0.4 is 0 Å². The second-order valence-electron chi connectivity index (χ2n) is 5.23. The van der Waals surface area contributed by atoms with Crippen molar-refractivity contribution in [2.24, 2.45) is 0 Å². The highest BCUT2D eigenvalue weighted by Crippen LogP contribution is 2.25. The molecule has 0 aliphatic carbocycles. The van der Waals surface area contributed by atoms with Gasteiger partial charge in [0.05, 0.1) is 24.2 Å². The van der Waals surface area contributed by atoms with Crippen molar-refractivity contribution in [1.29, 1.82) is 0 Å². The number of aliphatic hydroxyl groups excluding tert-OH is 1. The molecule has 21 heavy (non-hydrogen) atoms. The molecule has 2 rings (SSSR count). The molecule has 0 spiro atoms. The molecule has 1 fully saturated rings. The standard InChI is InChI=1S/C15H18ClNO3S/c1-2-8-17(12-7-9-21(19,20)11-12)10-15(18)13-5-3-4-6-14(13)16/h1,3-6,12,15,18H,7-11H2. The molecular weight excluding hydrogens is 310 g/mol. The lowest BCUT2D eigenvalue weighted by Gasteiger charge is -2.28. The summed E-state index contributed by atoms with van der Waals surface area (Å²) in [7, 11) is -2.99. The van der Waals surface area contributed by atoms with E-state index in [1.165, 1.54) is 0 Å². The van der Waals surface area contributed by atoms with Crippen molar-refractivity contribution >= 4 is 21.4 Å². The lowest BCUT2D eigenvalue weighted by Crippen LogP contribution is -2.39. The number of halogens is 1. The number of hydrogen-bond acceptors (Lipinski definition) is 4. The largest absolute Gasteiger partial charge is 0.387 e. The number of nitrogens with zero attached hydrogens (tertiary/aromatic N) is 1. The third kappa shape index (κ3) is 4.21. The van der Waals surface area contributed by atoms with Crippen molar-refractivity contribution in [3.05, 3.63) is 34.9 Å². The molecule has 6 heteroatoms. The van der Waals surface area contributed by atoms with Crippen molar-refractivity contribution in [1.82, 2.24) is 4.90 Å². The summed E-state index contributed by atoms with van der Waals surface area (Å²) in [6.07, 6.45) is 5.12. The Morgan fingerprint density at radius 3 is 2.76 bits per heavy atom. The zero-order chi connectivity index (χ0) is 15.5. The monoisotopic (exact) mass is 327 g/mol. The van der Waals surface area contributed by atoms with E-state index in [0.29, 0.717) is 23.6 Å². The molecule has 2 atom stereocenters. The van der Waals surface area contributed by atoms with E-state index in [4.69, 9.17) is 18.0 Å². The predicted octanol–water partition coefficient (Wildman–Crippen LogP) is 1.50. The molecule has 0 bridgehead atoms. The van der Waals surface area contributed by atoms with E-state index in [1.54, 1.807) is 24.3 Å². The molecule has 1 heterocycles. The summed E-state index contributed by atoms with van der Waals surface area (Å²) in [5.41, 5.74) is 0.627. The van der Waals surface area contributed by atoms with E-state index in [-0.39, 0.29) is 24.1 Å². The SMILES string of the molecule is C#CCN(CC(O)c1ccccc1Cl)C1CCS(=O)(=O)C1. The van der Waals surface area contributed by atoms with Crippen molar-refractivity contribution in [2.45, 2.75) is 18.6 Å². The van der Waals surface area contributed by atoms with Gasteiger partial charge in [0.2, 0.25) is 0 Å². The second kappa shape index (κ2) is 6.80. The zero-order valence-corrected chi connectivity index (χ0v) is 13.1. The Balaban J connectivity index is 2.10. The van der Waals surface area contributed by atoms with Crippen LogP contribution in [0.5, 0.6) is 0 Å². The molecule has 4 nitrogen and oxygen atoms in total. The molecule has 0 saturated carbocycles. The fraction of sp³-hybridized carbons (Fsp3) is 0.467. The van der Waals surface area contributed by atoms with Crippen molar-refractivity contribution in [3.63, 3.8) is 0 Å². The Morgan fingerprint density at radius 2 is 2.19 bits per heavy atom. The lowest BCUT2D eigenvalue weighted by molar-refractivity contribution is 0.102. The summed E-state index contributed by atoms with van der Waals surface area (Å²) in [6, 6.07) is 6.93. The van der Waals surface area contributed by atoms with Crippen LogP contribution in [-0.4, -0.2) is 49.1 Å². The van der Waals surface area contributed by atoms with Gasteiger partial charge in [0.25, 0.3) is 0 Å². The molecule has 0 radical (unpaired) electrons. The molecular formula is C15H18ClNO3S. The van der Waals surface area contributed by atoms with Crippen LogP contribution in [0.1, 0.15) is 18.1 Å². The average molecular weight is 328 g/mol. The fourth-order valence-corrected chi connectivity index (χ4v) is 4.61. The zero-order valence-electron chi connectivity index (χ0n) is 11.6. The molecule has 2 unspecified atom stereocenters. The van der Waals surface area contributed by atoms with Gasteiger partial charge in [-0.2, -0.15) is 0 Å². The Labute approximate surface area is 130 Å². The van der Waals surface area contributed by atoms with Crippen molar-refractivity contribution in [2.75, 3.05) is 24.6 Å². The Kier molecular flexibility index (Phi) is 5.28. The van der Waals surface area contributed by atoms with Gasteiger partial charge in [-0.05, 0) is 12.5 Å². The van der Waals surface area contributed by atoms with Gasteiger partial charge in [-0.3, -0.25) is 4.90 Å². The Hall–Kier alpha value is -1.06. The topological polar surface area (TPSA) is 57.6 Å². The molecule has 1 N–H and O–H groups in total. The number of hydrogen-bond donors (Lipinski definition) is 1. The molecule has 1 aliphatic heterocycles. The number of aliphatic hydroxyl groups is 1. The van der Waals surface area contributed by atoms with Crippen LogP contribution in [0.15, 0.2) is 24.3 Å². The van der Waals surface area contributed by atoms with E-state index in [0.717, 1.165) is 0 Å². The quantitative estimate of drug-likeness (QED) is 0.833. The van der Waals surface area contributed by atoms with E-state index in [9.17, 15) is 13.5 Å². The van der Waals surface area contributed by atoms with E-state index in [2.05, 4.69) is 5.92 Å². The fourth-order valence-electron chi connectivity index (χ4n) is 2.59. The first kappa shape index (κ1) is 16.3. The Morgan fingerprint density at radius 1 is 1.48 bits per heavy atom. The normalized spacial score (nSPS) is 22.1. The van der Waals surface area contributed by atoms with Crippen LogP contribution >= 0.6 is 11.6 Å². The van der Waals surface area contributed by atoms with E-state index in [1.807, 2.05) is 4.90 Å². The van der Waals surface area contributed by atoms with Crippen LogP contribution in [0.3, 0.4) is 0 Å². The van der Waals surface area contributed by atoms with Crippen LogP contribution in [0.4, 0.5) is 0 Å².